The van der Waals surface area contributed by atoms with Gasteiger partial charge in [0.2, 0.25) is 0 Å². The van der Waals surface area contributed by atoms with Crippen LogP contribution >= 0.6 is 11.6 Å². The standard InChI is InChI=1S/C14H24ClN3O/c1-6-7-18(8-9-19)12-10(2)11(15)16-13(17-12)14(3,4)5/h19H,6-9H2,1-5H3. The van der Waals surface area contributed by atoms with Crippen molar-refractivity contribution in [1.29, 1.82) is 0 Å². The van der Waals surface area contributed by atoms with E-state index in [1.807, 2.05) is 6.92 Å². The van der Waals surface area contributed by atoms with Crippen LogP contribution in [0.1, 0.15) is 45.5 Å². The fourth-order valence-corrected chi connectivity index (χ4v) is 2.00. The molecule has 1 rings (SSSR count). The van der Waals surface area contributed by atoms with E-state index in [9.17, 15) is 5.11 Å². The van der Waals surface area contributed by atoms with Gasteiger partial charge in [0.1, 0.15) is 16.8 Å². The molecule has 0 fully saturated rings. The van der Waals surface area contributed by atoms with E-state index in [4.69, 9.17) is 11.6 Å². The first-order chi connectivity index (χ1) is 8.81. The smallest absolute Gasteiger partial charge is 0.137 e. The summed E-state index contributed by atoms with van der Waals surface area (Å²) in [4.78, 5) is 11.1. The Kier molecular flexibility index (Phi) is 5.56. The second-order valence-electron chi connectivity index (χ2n) is 5.75. The van der Waals surface area contributed by atoms with Crippen molar-refractivity contribution in [2.24, 2.45) is 0 Å². The van der Waals surface area contributed by atoms with Crippen LogP contribution in [0.3, 0.4) is 0 Å². The number of aliphatic hydroxyl groups excluding tert-OH is 1. The van der Waals surface area contributed by atoms with E-state index in [1.165, 1.54) is 0 Å². The fourth-order valence-electron chi connectivity index (χ4n) is 1.84. The lowest BCUT2D eigenvalue weighted by Crippen LogP contribution is -2.30. The molecule has 0 saturated carbocycles. The number of aromatic nitrogens is 2. The van der Waals surface area contributed by atoms with Gasteiger partial charge in [-0.2, -0.15) is 0 Å². The zero-order chi connectivity index (χ0) is 14.6. The molecule has 4 nitrogen and oxygen atoms in total. The summed E-state index contributed by atoms with van der Waals surface area (Å²) in [6, 6.07) is 0. The molecule has 5 heteroatoms. The summed E-state index contributed by atoms with van der Waals surface area (Å²) in [6.07, 6.45) is 0.992. The number of nitrogens with zero attached hydrogens (tertiary/aromatic N) is 3. The summed E-state index contributed by atoms with van der Waals surface area (Å²) in [5.74, 6) is 1.57. The number of halogens is 1. The van der Waals surface area contributed by atoms with Crippen LogP contribution in [0.2, 0.25) is 5.15 Å². The topological polar surface area (TPSA) is 49.2 Å². The lowest BCUT2D eigenvalue weighted by molar-refractivity contribution is 0.301. The quantitative estimate of drug-likeness (QED) is 0.845. The molecule has 0 aromatic carbocycles. The molecule has 0 unspecified atom stereocenters. The highest BCUT2D eigenvalue weighted by molar-refractivity contribution is 6.30. The van der Waals surface area contributed by atoms with Crippen LogP contribution in [0.15, 0.2) is 0 Å². The van der Waals surface area contributed by atoms with Crippen molar-refractivity contribution in [2.75, 3.05) is 24.6 Å². The van der Waals surface area contributed by atoms with Gasteiger partial charge in [-0.25, -0.2) is 9.97 Å². The Morgan fingerprint density at radius 3 is 2.32 bits per heavy atom. The van der Waals surface area contributed by atoms with Crippen LogP contribution in [0.5, 0.6) is 0 Å². The number of rotatable bonds is 5. The van der Waals surface area contributed by atoms with Crippen molar-refractivity contribution in [3.05, 3.63) is 16.5 Å². The number of anilines is 1. The van der Waals surface area contributed by atoms with Gasteiger partial charge in [0.15, 0.2) is 0 Å². The van der Waals surface area contributed by atoms with Gasteiger partial charge in [-0.1, -0.05) is 39.3 Å². The summed E-state index contributed by atoms with van der Waals surface area (Å²) in [6.45, 7) is 11.7. The molecule has 1 heterocycles. The van der Waals surface area contributed by atoms with Crippen molar-refractivity contribution in [2.45, 2.75) is 46.5 Å². The Bertz CT molecular complexity index is 423. The fraction of sp³-hybridized carbons (Fsp3) is 0.714. The Morgan fingerprint density at radius 1 is 1.21 bits per heavy atom. The molecule has 19 heavy (non-hydrogen) atoms. The molecule has 0 atom stereocenters. The second kappa shape index (κ2) is 6.53. The lowest BCUT2D eigenvalue weighted by atomic mass is 9.95. The second-order valence-corrected chi connectivity index (χ2v) is 6.11. The Labute approximate surface area is 120 Å². The highest BCUT2D eigenvalue weighted by Crippen LogP contribution is 2.28. The average Bonchev–Trinajstić information content (AvgIpc) is 2.31. The van der Waals surface area contributed by atoms with Crippen molar-refractivity contribution in [3.63, 3.8) is 0 Å². The summed E-state index contributed by atoms with van der Waals surface area (Å²) < 4.78 is 0. The first kappa shape index (κ1) is 16.2. The summed E-state index contributed by atoms with van der Waals surface area (Å²) in [7, 11) is 0. The van der Waals surface area contributed by atoms with Gasteiger partial charge in [-0.15, -0.1) is 0 Å². The Balaban J connectivity index is 3.27. The zero-order valence-corrected chi connectivity index (χ0v) is 13.3. The van der Waals surface area contributed by atoms with Gasteiger partial charge >= 0.3 is 0 Å². The van der Waals surface area contributed by atoms with E-state index in [2.05, 4.69) is 42.6 Å². The Hall–Kier alpha value is -0.870. The molecule has 0 radical (unpaired) electrons. The Morgan fingerprint density at radius 2 is 1.84 bits per heavy atom. The molecule has 1 aromatic rings. The van der Waals surface area contributed by atoms with E-state index in [0.717, 1.165) is 30.2 Å². The molecular weight excluding hydrogens is 262 g/mol. The first-order valence-electron chi connectivity index (χ1n) is 6.71. The number of hydrogen-bond donors (Lipinski definition) is 1. The monoisotopic (exact) mass is 285 g/mol. The van der Waals surface area contributed by atoms with Crippen LogP contribution < -0.4 is 4.90 Å². The number of aliphatic hydroxyl groups is 1. The van der Waals surface area contributed by atoms with Gasteiger partial charge in [0.05, 0.1) is 6.61 Å². The van der Waals surface area contributed by atoms with Crippen LogP contribution in [-0.4, -0.2) is 34.8 Å². The molecule has 0 aliphatic heterocycles. The van der Waals surface area contributed by atoms with E-state index in [1.54, 1.807) is 0 Å². The van der Waals surface area contributed by atoms with Gasteiger partial charge in [-0.3, -0.25) is 0 Å². The minimum absolute atomic E-state index is 0.103. The van der Waals surface area contributed by atoms with E-state index >= 15 is 0 Å². The SMILES string of the molecule is CCCN(CCO)c1nc(C(C)(C)C)nc(Cl)c1C. The molecule has 0 aliphatic carbocycles. The van der Waals surface area contributed by atoms with E-state index in [-0.39, 0.29) is 12.0 Å². The normalized spacial score (nSPS) is 11.7. The minimum Gasteiger partial charge on any atom is -0.395 e. The van der Waals surface area contributed by atoms with Gasteiger partial charge < -0.3 is 10.0 Å². The van der Waals surface area contributed by atoms with Crippen molar-refractivity contribution < 1.29 is 5.11 Å². The van der Waals surface area contributed by atoms with Crippen LogP contribution in [0.4, 0.5) is 5.82 Å². The van der Waals surface area contributed by atoms with Crippen molar-refractivity contribution in [3.8, 4) is 0 Å². The molecule has 0 aliphatic rings. The van der Waals surface area contributed by atoms with E-state index in [0.29, 0.717) is 11.7 Å². The molecule has 0 spiro atoms. The van der Waals surface area contributed by atoms with Gasteiger partial charge in [0.25, 0.3) is 0 Å². The maximum atomic E-state index is 9.20. The minimum atomic E-state index is -0.150. The predicted octanol–water partition coefficient (Wildman–Crippen LogP) is 2.94. The summed E-state index contributed by atoms with van der Waals surface area (Å²) in [5, 5.41) is 9.69. The predicted molar refractivity (Wildman–Crippen MR) is 80.1 cm³/mol. The van der Waals surface area contributed by atoms with Gasteiger partial charge in [0, 0.05) is 24.1 Å². The maximum absolute atomic E-state index is 9.20. The van der Waals surface area contributed by atoms with Crippen LogP contribution in [0, 0.1) is 6.92 Å². The first-order valence-corrected chi connectivity index (χ1v) is 7.09. The van der Waals surface area contributed by atoms with E-state index < -0.39 is 0 Å². The molecule has 108 valence electrons. The zero-order valence-electron chi connectivity index (χ0n) is 12.5. The molecule has 0 amide bonds. The van der Waals surface area contributed by atoms with Crippen molar-refractivity contribution in [1.82, 2.24) is 9.97 Å². The highest BCUT2D eigenvalue weighted by Gasteiger charge is 2.22. The molecule has 1 aromatic heterocycles. The largest absolute Gasteiger partial charge is 0.395 e. The molecule has 0 bridgehead atoms. The highest BCUT2D eigenvalue weighted by atomic mass is 35.5. The summed E-state index contributed by atoms with van der Waals surface area (Å²) >= 11 is 6.23. The third kappa shape index (κ3) is 4.05. The maximum Gasteiger partial charge on any atom is 0.137 e. The van der Waals surface area contributed by atoms with Crippen molar-refractivity contribution >= 4 is 17.4 Å². The molecular formula is C14H24ClN3O. The van der Waals surface area contributed by atoms with Crippen LogP contribution in [-0.2, 0) is 5.41 Å². The van der Waals surface area contributed by atoms with Crippen LogP contribution in [0.25, 0.3) is 0 Å². The number of hydrogen-bond acceptors (Lipinski definition) is 4. The molecule has 1 N–H and O–H groups in total. The third-order valence-corrected chi connectivity index (χ3v) is 3.26. The lowest BCUT2D eigenvalue weighted by Gasteiger charge is -2.26. The average molecular weight is 286 g/mol. The van der Waals surface area contributed by atoms with Gasteiger partial charge in [-0.05, 0) is 13.3 Å². The molecule has 0 saturated heterocycles. The third-order valence-electron chi connectivity index (χ3n) is 2.89. The summed E-state index contributed by atoms with van der Waals surface area (Å²) in [5.41, 5.74) is 0.722.